The normalized spacial score (nSPS) is 10.6. The fourth-order valence-corrected chi connectivity index (χ4v) is 1.24. The Bertz CT molecular complexity index is 256. The van der Waals surface area contributed by atoms with Gasteiger partial charge in [0, 0.05) is 4.47 Å². The van der Waals surface area contributed by atoms with Gasteiger partial charge in [-0.2, -0.15) is 0 Å². The van der Waals surface area contributed by atoms with Crippen molar-refractivity contribution in [1.82, 2.24) is 0 Å². The standard InChI is InChI=1S/C11H15BrO2/c1-9(2)13-7-8-14-11-5-3-10(12)4-6-11/h3-6,9H,7-8H2,1-2H3. The molecule has 3 heteroatoms. The van der Waals surface area contributed by atoms with Crippen LogP contribution in [0.3, 0.4) is 0 Å². The highest BCUT2D eigenvalue weighted by Crippen LogP contribution is 2.15. The van der Waals surface area contributed by atoms with Crippen molar-refractivity contribution in [2.45, 2.75) is 20.0 Å². The Balaban J connectivity index is 2.21. The maximum atomic E-state index is 5.47. The van der Waals surface area contributed by atoms with Gasteiger partial charge in [0.05, 0.1) is 12.7 Å². The van der Waals surface area contributed by atoms with Crippen molar-refractivity contribution in [1.29, 1.82) is 0 Å². The van der Waals surface area contributed by atoms with Crippen LogP contribution >= 0.6 is 15.9 Å². The summed E-state index contributed by atoms with van der Waals surface area (Å²) in [5, 5.41) is 0. The molecule has 0 aliphatic rings. The van der Waals surface area contributed by atoms with Gasteiger partial charge in [0.1, 0.15) is 12.4 Å². The summed E-state index contributed by atoms with van der Waals surface area (Å²) in [5.74, 6) is 0.876. The van der Waals surface area contributed by atoms with E-state index in [1.807, 2.05) is 38.1 Å². The van der Waals surface area contributed by atoms with E-state index in [9.17, 15) is 0 Å². The van der Waals surface area contributed by atoms with Crippen molar-refractivity contribution in [2.24, 2.45) is 0 Å². The van der Waals surface area contributed by atoms with Gasteiger partial charge in [0.15, 0.2) is 0 Å². The summed E-state index contributed by atoms with van der Waals surface area (Å²) in [6, 6.07) is 7.77. The lowest BCUT2D eigenvalue weighted by atomic mass is 10.3. The number of benzene rings is 1. The Morgan fingerprint density at radius 1 is 1.14 bits per heavy atom. The van der Waals surface area contributed by atoms with E-state index >= 15 is 0 Å². The molecule has 0 saturated heterocycles. The van der Waals surface area contributed by atoms with E-state index in [0.29, 0.717) is 13.2 Å². The van der Waals surface area contributed by atoms with Crippen molar-refractivity contribution >= 4 is 15.9 Å². The van der Waals surface area contributed by atoms with E-state index < -0.39 is 0 Å². The number of halogens is 1. The highest BCUT2D eigenvalue weighted by atomic mass is 79.9. The number of hydrogen-bond acceptors (Lipinski definition) is 2. The molecule has 0 radical (unpaired) electrons. The highest BCUT2D eigenvalue weighted by molar-refractivity contribution is 9.10. The summed E-state index contributed by atoms with van der Waals surface area (Å²) in [5.41, 5.74) is 0. The average Bonchev–Trinajstić information content (AvgIpc) is 2.15. The van der Waals surface area contributed by atoms with Crippen molar-refractivity contribution < 1.29 is 9.47 Å². The van der Waals surface area contributed by atoms with Crippen molar-refractivity contribution in [3.05, 3.63) is 28.7 Å². The zero-order valence-electron chi connectivity index (χ0n) is 8.50. The molecule has 14 heavy (non-hydrogen) atoms. The third-order valence-corrected chi connectivity index (χ3v) is 2.15. The van der Waals surface area contributed by atoms with Gasteiger partial charge in [-0.3, -0.25) is 0 Å². The molecule has 78 valence electrons. The van der Waals surface area contributed by atoms with Crippen LogP contribution in [-0.2, 0) is 4.74 Å². The summed E-state index contributed by atoms with van der Waals surface area (Å²) >= 11 is 3.37. The van der Waals surface area contributed by atoms with E-state index in [0.717, 1.165) is 10.2 Å². The van der Waals surface area contributed by atoms with Crippen LogP contribution in [0, 0.1) is 0 Å². The molecule has 0 bridgehead atoms. The fourth-order valence-electron chi connectivity index (χ4n) is 0.974. The highest BCUT2D eigenvalue weighted by Gasteiger charge is 1.95. The van der Waals surface area contributed by atoms with Gasteiger partial charge >= 0.3 is 0 Å². The van der Waals surface area contributed by atoms with Crippen LogP contribution in [0.1, 0.15) is 13.8 Å². The Morgan fingerprint density at radius 2 is 1.79 bits per heavy atom. The molecular formula is C11H15BrO2. The number of ether oxygens (including phenoxy) is 2. The molecule has 0 aliphatic carbocycles. The van der Waals surface area contributed by atoms with Crippen molar-refractivity contribution in [3.63, 3.8) is 0 Å². The topological polar surface area (TPSA) is 18.5 Å². The predicted molar refractivity (Wildman–Crippen MR) is 60.7 cm³/mol. The van der Waals surface area contributed by atoms with E-state index in [1.165, 1.54) is 0 Å². The van der Waals surface area contributed by atoms with Crippen molar-refractivity contribution in [2.75, 3.05) is 13.2 Å². The number of hydrogen-bond donors (Lipinski definition) is 0. The molecule has 0 aromatic heterocycles. The Kier molecular flexibility index (Phi) is 4.98. The molecule has 0 atom stereocenters. The van der Waals surface area contributed by atoms with Gasteiger partial charge < -0.3 is 9.47 Å². The zero-order valence-corrected chi connectivity index (χ0v) is 10.1. The van der Waals surface area contributed by atoms with Gasteiger partial charge in [-0.1, -0.05) is 15.9 Å². The molecule has 0 amide bonds. The quantitative estimate of drug-likeness (QED) is 0.755. The molecular weight excluding hydrogens is 244 g/mol. The van der Waals surface area contributed by atoms with E-state index in [-0.39, 0.29) is 6.10 Å². The van der Waals surface area contributed by atoms with Crippen LogP contribution in [0.25, 0.3) is 0 Å². The molecule has 0 aliphatic heterocycles. The molecule has 0 unspecified atom stereocenters. The molecule has 0 saturated carbocycles. The van der Waals surface area contributed by atoms with Gasteiger partial charge in [0.25, 0.3) is 0 Å². The SMILES string of the molecule is CC(C)OCCOc1ccc(Br)cc1. The minimum atomic E-state index is 0.267. The lowest BCUT2D eigenvalue weighted by Crippen LogP contribution is -2.11. The second-order valence-electron chi connectivity index (χ2n) is 3.22. The van der Waals surface area contributed by atoms with Crippen LogP contribution in [-0.4, -0.2) is 19.3 Å². The van der Waals surface area contributed by atoms with Crippen LogP contribution in [0.5, 0.6) is 5.75 Å². The van der Waals surface area contributed by atoms with Crippen molar-refractivity contribution in [3.8, 4) is 5.75 Å². The first-order valence-corrected chi connectivity index (χ1v) is 5.48. The minimum absolute atomic E-state index is 0.267. The summed E-state index contributed by atoms with van der Waals surface area (Å²) in [6.45, 7) is 5.26. The maximum Gasteiger partial charge on any atom is 0.119 e. The maximum absolute atomic E-state index is 5.47. The minimum Gasteiger partial charge on any atom is -0.491 e. The summed E-state index contributed by atoms with van der Waals surface area (Å²) in [4.78, 5) is 0. The lowest BCUT2D eigenvalue weighted by molar-refractivity contribution is 0.0552. The molecule has 1 aromatic carbocycles. The lowest BCUT2D eigenvalue weighted by Gasteiger charge is -2.09. The molecule has 0 spiro atoms. The van der Waals surface area contributed by atoms with Crippen LogP contribution in [0.4, 0.5) is 0 Å². The predicted octanol–water partition coefficient (Wildman–Crippen LogP) is 3.25. The Morgan fingerprint density at radius 3 is 2.36 bits per heavy atom. The molecule has 0 N–H and O–H groups in total. The third kappa shape index (κ3) is 4.63. The first kappa shape index (κ1) is 11.5. The van der Waals surface area contributed by atoms with E-state index in [1.54, 1.807) is 0 Å². The smallest absolute Gasteiger partial charge is 0.119 e. The Hall–Kier alpha value is -0.540. The number of rotatable bonds is 5. The molecule has 2 nitrogen and oxygen atoms in total. The monoisotopic (exact) mass is 258 g/mol. The summed E-state index contributed by atoms with van der Waals surface area (Å²) in [7, 11) is 0. The van der Waals surface area contributed by atoms with E-state index in [4.69, 9.17) is 9.47 Å². The third-order valence-electron chi connectivity index (χ3n) is 1.62. The molecule has 0 heterocycles. The van der Waals surface area contributed by atoms with Gasteiger partial charge in [0.2, 0.25) is 0 Å². The average molecular weight is 259 g/mol. The molecule has 1 aromatic rings. The first-order valence-electron chi connectivity index (χ1n) is 4.68. The second kappa shape index (κ2) is 6.04. The van der Waals surface area contributed by atoms with Gasteiger partial charge in [-0.25, -0.2) is 0 Å². The summed E-state index contributed by atoms with van der Waals surface area (Å²) < 4.78 is 11.9. The van der Waals surface area contributed by atoms with E-state index in [2.05, 4.69) is 15.9 Å². The summed E-state index contributed by atoms with van der Waals surface area (Å²) in [6.07, 6.45) is 0.267. The van der Waals surface area contributed by atoms with Crippen LogP contribution in [0.15, 0.2) is 28.7 Å². The zero-order chi connectivity index (χ0) is 10.4. The van der Waals surface area contributed by atoms with Gasteiger partial charge in [-0.15, -0.1) is 0 Å². The first-order chi connectivity index (χ1) is 6.68. The second-order valence-corrected chi connectivity index (χ2v) is 4.14. The van der Waals surface area contributed by atoms with Gasteiger partial charge in [-0.05, 0) is 38.1 Å². The van der Waals surface area contributed by atoms with Crippen LogP contribution in [0.2, 0.25) is 0 Å². The molecule has 1 rings (SSSR count). The fraction of sp³-hybridized carbons (Fsp3) is 0.455. The molecule has 0 fully saturated rings. The van der Waals surface area contributed by atoms with Crippen LogP contribution < -0.4 is 4.74 Å². The Labute approximate surface area is 93.4 Å². The largest absolute Gasteiger partial charge is 0.491 e.